The van der Waals surface area contributed by atoms with Crippen molar-refractivity contribution in [1.82, 2.24) is 9.97 Å². The highest BCUT2D eigenvalue weighted by Gasteiger charge is 2.11. The number of nitrogens with one attached hydrogen (secondary N) is 1. The molecule has 28 heavy (non-hydrogen) atoms. The van der Waals surface area contributed by atoms with Crippen LogP contribution in [-0.2, 0) is 6.42 Å². The predicted octanol–water partition coefficient (Wildman–Crippen LogP) is 5.09. The zero-order valence-electron chi connectivity index (χ0n) is 15.9. The lowest BCUT2D eigenvalue weighted by atomic mass is 10.0. The topological polar surface area (TPSA) is 54.9 Å². The first-order valence-corrected chi connectivity index (χ1v) is 9.28. The summed E-state index contributed by atoms with van der Waals surface area (Å²) in [5.74, 6) is -0.151. The van der Waals surface area contributed by atoms with Crippen molar-refractivity contribution in [2.75, 3.05) is 5.32 Å². The molecule has 0 fully saturated rings. The number of hydrogen-bond acceptors (Lipinski definition) is 3. The monoisotopic (exact) mass is 367 g/mol. The molecule has 0 atom stereocenters. The molecule has 0 aliphatic rings. The summed E-state index contributed by atoms with van der Waals surface area (Å²) in [6.45, 7) is 3.86. The number of amides is 1. The Hall–Kier alpha value is -3.53. The van der Waals surface area contributed by atoms with E-state index in [-0.39, 0.29) is 5.91 Å². The molecule has 0 aliphatic heterocycles. The van der Waals surface area contributed by atoms with Gasteiger partial charge in [0.1, 0.15) is 0 Å². The molecule has 0 spiro atoms. The third kappa shape index (κ3) is 3.76. The molecule has 0 saturated carbocycles. The highest BCUT2D eigenvalue weighted by atomic mass is 16.1. The van der Waals surface area contributed by atoms with Crippen LogP contribution in [0.25, 0.3) is 11.0 Å². The number of rotatable bonds is 4. The van der Waals surface area contributed by atoms with E-state index in [0.717, 1.165) is 40.1 Å². The van der Waals surface area contributed by atoms with Crippen LogP contribution in [0.2, 0.25) is 0 Å². The first kappa shape index (κ1) is 17.9. The number of carbonyl (C=O) groups is 1. The minimum atomic E-state index is -0.151. The summed E-state index contributed by atoms with van der Waals surface area (Å²) in [5, 5.41) is 3.05. The van der Waals surface area contributed by atoms with Gasteiger partial charge in [0.2, 0.25) is 0 Å². The van der Waals surface area contributed by atoms with Crippen LogP contribution in [0, 0.1) is 13.8 Å². The molecule has 4 heteroatoms. The second-order valence-corrected chi connectivity index (χ2v) is 6.87. The Morgan fingerprint density at radius 2 is 1.50 bits per heavy atom. The van der Waals surface area contributed by atoms with E-state index in [1.807, 2.05) is 62.4 Å². The minimum Gasteiger partial charge on any atom is -0.322 e. The zero-order valence-corrected chi connectivity index (χ0v) is 15.9. The van der Waals surface area contributed by atoms with E-state index in [0.29, 0.717) is 5.56 Å². The van der Waals surface area contributed by atoms with Gasteiger partial charge in [-0.25, -0.2) is 9.97 Å². The summed E-state index contributed by atoms with van der Waals surface area (Å²) in [7, 11) is 0. The molecule has 1 heterocycles. The van der Waals surface area contributed by atoms with Crippen molar-refractivity contribution in [1.29, 1.82) is 0 Å². The average molecular weight is 367 g/mol. The van der Waals surface area contributed by atoms with Crippen LogP contribution in [0.1, 0.15) is 32.9 Å². The van der Waals surface area contributed by atoms with Gasteiger partial charge >= 0.3 is 0 Å². The molecule has 0 bridgehead atoms. The summed E-state index contributed by atoms with van der Waals surface area (Å²) in [4.78, 5) is 21.9. The van der Waals surface area contributed by atoms with Gasteiger partial charge in [0.05, 0.1) is 22.4 Å². The molecule has 1 amide bonds. The third-order valence-electron chi connectivity index (χ3n) is 4.84. The quantitative estimate of drug-likeness (QED) is 0.547. The second-order valence-electron chi connectivity index (χ2n) is 6.87. The normalized spacial score (nSPS) is 10.8. The van der Waals surface area contributed by atoms with E-state index in [1.165, 1.54) is 5.56 Å². The SMILES string of the molecule is Cc1nc2ccc(C(=O)Nc3ccccc3Cc3ccccc3)cc2nc1C. The first-order valence-electron chi connectivity index (χ1n) is 9.28. The number of benzene rings is 3. The summed E-state index contributed by atoms with van der Waals surface area (Å²) >= 11 is 0. The van der Waals surface area contributed by atoms with Crippen molar-refractivity contribution in [2.45, 2.75) is 20.3 Å². The van der Waals surface area contributed by atoms with E-state index in [1.54, 1.807) is 12.1 Å². The number of nitrogens with zero attached hydrogens (tertiary/aromatic N) is 2. The van der Waals surface area contributed by atoms with Crippen molar-refractivity contribution in [3.8, 4) is 0 Å². The van der Waals surface area contributed by atoms with Gasteiger partial charge in [-0.2, -0.15) is 0 Å². The van der Waals surface area contributed by atoms with E-state index in [9.17, 15) is 4.79 Å². The highest BCUT2D eigenvalue weighted by Crippen LogP contribution is 2.21. The number of anilines is 1. The van der Waals surface area contributed by atoms with E-state index < -0.39 is 0 Å². The second kappa shape index (κ2) is 7.61. The molecule has 4 rings (SSSR count). The van der Waals surface area contributed by atoms with Crippen LogP contribution in [0.5, 0.6) is 0 Å². The molecular formula is C24H21N3O. The van der Waals surface area contributed by atoms with Crippen molar-refractivity contribution in [3.05, 3.63) is 101 Å². The Labute approximate surface area is 164 Å². The maximum Gasteiger partial charge on any atom is 0.255 e. The summed E-state index contributed by atoms with van der Waals surface area (Å²) in [6, 6.07) is 23.6. The van der Waals surface area contributed by atoms with Gasteiger partial charge in [-0.05, 0) is 55.7 Å². The molecule has 0 unspecified atom stereocenters. The number of hydrogen-bond donors (Lipinski definition) is 1. The van der Waals surface area contributed by atoms with Gasteiger partial charge in [-0.15, -0.1) is 0 Å². The zero-order chi connectivity index (χ0) is 19.5. The van der Waals surface area contributed by atoms with Crippen molar-refractivity contribution >= 4 is 22.6 Å². The minimum absolute atomic E-state index is 0.151. The predicted molar refractivity (Wildman–Crippen MR) is 113 cm³/mol. The van der Waals surface area contributed by atoms with Crippen LogP contribution >= 0.6 is 0 Å². The van der Waals surface area contributed by atoms with Crippen LogP contribution in [0.15, 0.2) is 72.8 Å². The smallest absolute Gasteiger partial charge is 0.255 e. The number of carbonyl (C=O) groups excluding carboxylic acids is 1. The Morgan fingerprint density at radius 3 is 2.29 bits per heavy atom. The maximum atomic E-state index is 12.9. The molecule has 138 valence electrons. The Morgan fingerprint density at radius 1 is 0.821 bits per heavy atom. The number of fused-ring (bicyclic) bond motifs is 1. The van der Waals surface area contributed by atoms with Crippen molar-refractivity contribution < 1.29 is 4.79 Å². The Bertz CT molecular complexity index is 1150. The molecule has 3 aromatic carbocycles. The first-order chi connectivity index (χ1) is 13.6. The van der Waals surface area contributed by atoms with Crippen LogP contribution < -0.4 is 5.32 Å². The molecule has 4 aromatic rings. The molecule has 1 N–H and O–H groups in total. The standard InChI is InChI=1S/C24H21N3O/c1-16-17(2)26-23-15-20(12-13-22(23)25-16)24(28)27-21-11-7-6-10-19(21)14-18-8-4-3-5-9-18/h3-13,15H,14H2,1-2H3,(H,27,28). The number of para-hydroxylation sites is 1. The molecule has 0 radical (unpaired) electrons. The third-order valence-corrected chi connectivity index (χ3v) is 4.84. The van der Waals surface area contributed by atoms with Crippen molar-refractivity contribution in [2.24, 2.45) is 0 Å². The van der Waals surface area contributed by atoms with Crippen LogP contribution in [0.4, 0.5) is 5.69 Å². The fourth-order valence-electron chi connectivity index (χ4n) is 3.18. The fourth-order valence-corrected chi connectivity index (χ4v) is 3.18. The van der Waals surface area contributed by atoms with Crippen molar-refractivity contribution in [3.63, 3.8) is 0 Å². The molecule has 0 saturated heterocycles. The molecule has 4 nitrogen and oxygen atoms in total. The largest absolute Gasteiger partial charge is 0.322 e. The fraction of sp³-hybridized carbons (Fsp3) is 0.125. The van der Waals surface area contributed by atoms with Crippen LogP contribution in [0.3, 0.4) is 0 Å². The van der Waals surface area contributed by atoms with E-state index in [2.05, 4.69) is 27.4 Å². The molecule has 1 aromatic heterocycles. The lowest BCUT2D eigenvalue weighted by Gasteiger charge is -2.12. The van der Waals surface area contributed by atoms with Crippen LogP contribution in [-0.4, -0.2) is 15.9 Å². The Balaban J connectivity index is 1.60. The summed E-state index contributed by atoms with van der Waals surface area (Å²) in [5.41, 5.74) is 6.97. The molecular weight excluding hydrogens is 346 g/mol. The number of aryl methyl sites for hydroxylation is 2. The lowest BCUT2D eigenvalue weighted by molar-refractivity contribution is 0.102. The van der Waals surface area contributed by atoms with E-state index in [4.69, 9.17) is 0 Å². The maximum absolute atomic E-state index is 12.9. The van der Waals surface area contributed by atoms with Gasteiger partial charge in [0.15, 0.2) is 0 Å². The molecule has 0 aliphatic carbocycles. The highest BCUT2D eigenvalue weighted by molar-refractivity contribution is 6.06. The lowest BCUT2D eigenvalue weighted by Crippen LogP contribution is -2.13. The van der Waals surface area contributed by atoms with Gasteiger partial charge in [0.25, 0.3) is 5.91 Å². The Kier molecular flexibility index (Phi) is 4.85. The van der Waals surface area contributed by atoms with Gasteiger partial charge < -0.3 is 5.32 Å². The number of aromatic nitrogens is 2. The van der Waals surface area contributed by atoms with Gasteiger partial charge in [0, 0.05) is 11.3 Å². The van der Waals surface area contributed by atoms with E-state index >= 15 is 0 Å². The average Bonchev–Trinajstić information content (AvgIpc) is 2.71. The summed E-state index contributed by atoms with van der Waals surface area (Å²) in [6.07, 6.45) is 0.763. The van der Waals surface area contributed by atoms with Gasteiger partial charge in [-0.1, -0.05) is 48.5 Å². The summed E-state index contributed by atoms with van der Waals surface area (Å²) < 4.78 is 0. The van der Waals surface area contributed by atoms with Gasteiger partial charge in [-0.3, -0.25) is 4.79 Å².